The van der Waals surface area contributed by atoms with E-state index in [0.29, 0.717) is 18.1 Å². The number of alkyl halides is 3. The lowest BCUT2D eigenvalue weighted by Crippen LogP contribution is -2.21. The Kier molecular flexibility index (Phi) is 4.21. The third-order valence-corrected chi connectivity index (χ3v) is 5.17. The summed E-state index contributed by atoms with van der Waals surface area (Å²) in [6.45, 7) is 1.67. The number of hydrogen-bond acceptors (Lipinski definition) is 2. The molecule has 0 aliphatic heterocycles. The molecule has 21 heavy (non-hydrogen) atoms. The molecule has 1 aliphatic rings. The summed E-state index contributed by atoms with van der Waals surface area (Å²) in [4.78, 5) is 11.3. The molecule has 1 fully saturated rings. The van der Waals surface area contributed by atoms with Crippen LogP contribution < -0.4 is 0 Å². The van der Waals surface area contributed by atoms with Crippen molar-refractivity contribution in [1.82, 2.24) is 0 Å². The molecule has 2 rings (SSSR count). The molecule has 1 aromatic rings. The van der Waals surface area contributed by atoms with Gasteiger partial charge in [-0.15, -0.1) is 0 Å². The van der Waals surface area contributed by atoms with Crippen molar-refractivity contribution in [3.05, 3.63) is 34.4 Å². The van der Waals surface area contributed by atoms with Gasteiger partial charge in [-0.25, -0.2) is 4.21 Å². The van der Waals surface area contributed by atoms with E-state index in [9.17, 15) is 26.7 Å². The minimum absolute atomic E-state index is 0.205. The lowest BCUT2D eigenvalue weighted by atomic mass is 9.94. The van der Waals surface area contributed by atoms with E-state index in [1.165, 1.54) is 6.07 Å². The molecule has 0 saturated heterocycles. The van der Waals surface area contributed by atoms with Crippen LogP contribution in [0.2, 0.25) is 0 Å². The molecule has 3 nitrogen and oxygen atoms in total. The van der Waals surface area contributed by atoms with Gasteiger partial charge in [0.15, 0.2) is 11.1 Å². The highest BCUT2D eigenvalue weighted by atomic mass is 35.5. The molecule has 1 saturated carbocycles. The van der Waals surface area contributed by atoms with E-state index >= 15 is 0 Å². The van der Waals surface area contributed by atoms with Crippen LogP contribution in [-0.2, 0) is 28.4 Å². The van der Waals surface area contributed by atoms with Crippen molar-refractivity contribution in [2.45, 2.75) is 37.1 Å². The maximum Gasteiger partial charge on any atom is 0.416 e. The fraction of sp³-hybridized carbons (Fsp3) is 0.462. The predicted octanol–water partition coefficient (Wildman–Crippen LogP) is 3.86. The first-order valence-electron chi connectivity index (χ1n) is 6.19. The first-order chi connectivity index (χ1) is 9.63. The second-order valence-corrected chi connectivity index (χ2v) is 6.55. The Morgan fingerprint density at radius 2 is 2.00 bits per heavy atom. The molecular weight excluding hydrogens is 329 g/mol. The second kappa shape index (κ2) is 5.37. The van der Waals surface area contributed by atoms with Gasteiger partial charge in [0.2, 0.25) is 0 Å². The van der Waals surface area contributed by atoms with Crippen LogP contribution in [0.1, 0.15) is 46.8 Å². The number of carbonyl (C=O) groups is 1. The van der Waals surface area contributed by atoms with Crippen molar-refractivity contribution in [2.24, 2.45) is 0 Å². The third-order valence-electron chi connectivity index (χ3n) is 3.67. The molecule has 8 heteroatoms. The zero-order chi connectivity index (χ0) is 16.0. The normalized spacial score (nSPS) is 18.4. The van der Waals surface area contributed by atoms with E-state index in [1.807, 2.05) is 0 Å². The van der Waals surface area contributed by atoms with E-state index in [4.69, 9.17) is 11.6 Å². The highest BCUT2D eigenvalue weighted by Crippen LogP contribution is 2.54. The van der Waals surface area contributed by atoms with Gasteiger partial charge >= 0.3 is 6.18 Å². The van der Waals surface area contributed by atoms with E-state index in [1.54, 1.807) is 6.92 Å². The van der Waals surface area contributed by atoms with E-state index in [2.05, 4.69) is 0 Å². The van der Waals surface area contributed by atoms with Crippen molar-refractivity contribution in [3.63, 3.8) is 0 Å². The summed E-state index contributed by atoms with van der Waals surface area (Å²) in [6.07, 6.45) is -4.02. The number of hydrogen-bond donors (Lipinski definition) is 1. The molecule has 0 amide bonds. The zero-order valence-corrected chi connectivity index (χ0v) is 12.5. The van der Waals surface area contributed by atoms with Gasteiger partial charge in [0, 0.05) is 5.56 Å². The van der Waals surface area contributed by atoms with Gasteiger partial charge in [0.25, 0.3) is 5.24 Å². The van der Waals surface area contributed by atoms with Crippen LogP contribution in [0, 0.1) is 0 Å². The fourth-order valence-electron chi connectivity index (χ4n) is 2.38. The molecular formula is C13H12ClF3O3S. The molecule has 0 radical (unpaired) electrons. The van der Waals surface area contributed by atoms with Gasteiger partial charge in [-0.3, -0.25) is 4.79 Å². The quantitative estimate of drug-likeness (QED) is 0.669. The largest absolute Gasteiger partial charge is 0.416 e. The molecule has 0 spiro atoms. The topological polar surface area (TPSA) is 54.4 Å². The fourth-order valence-corrected chi connectivity index (χ4v) is 3.37. The Morgan fingerprint density at radius 1 is 1.43 bits per heavy atom. The molecule has 1 N–H and O–H groups in total. The van der Waals surface area contributed by atoms with Crippen LogP contribution in [0.15, 0.2) is 12.1 Å². The molecule has 1 unspecified atom stereocenters. The average molecular weight is 341 g/mol. The van der Waals surface area contributed by atoms with Crippen molar-refractivity contribution < 1.29 is 26.7 Å². The zero-order valence-electron chi connectivity index (χ0n) is 11.0. The lowest BCUT2D eigenvalue weighted by Gasteiger charge is -2.21. The second-order valence-electron chi connectivity index (χ2n) is 4.92. The maximum atomic E-state index is 13.2. The molecule has 116 valence electrons. The van der Waals surface area contributed by atoms with Gasteiger partial charge in [0.05, 0.1) is 10.3 Å². The molecule has 0 heterocycles. The van der Waals surface area contributed by atoms with Crippen LogP contribution >= 0.6 is 11.6 Å². The summed E-state index contributed by atoms with van der Waals surface area (Å²) in [5.41, 5.74) is -1.16. The Hall–Kier alpha value is -0.920. The van der Waals surface area contributed by atoms with Crippen molar-refractivity contribution in [2.75, 3.05) is 0 Å². The summed E-state index contributed by atoms with van der Waals surface area (Å²) in [7, 11) is 0. The maximum absolute atomic E-state index is 13.2. The van der Waals surface area contributed by atoms with E-state index in [0.717, 1.165) is 0 Å². The van der Waals surface area contributed by atoms with Crippen molar-refractivity contribution >= 4 is 27.9 Å². The SMILES string of the molecule is CCc1cc(C2(S(=O)O)CC2)c(C(F)(F)F)cc1C(=O)Cl. The number of benzene rings is 1. The lowest BCUT2D eigenvalue weighted by molar-refractivity contribution is -0.138. The Morgan fingerprint density at radius 3 is 2.33 bits per heavy atom. The summed E-state index contributed by atoms with van der Waals surface area (Å²) >= 11 is 2.93. The summed E-state index contributed by atoms with van der Waals surface area (Å²) in [5, 5.41) is -0.973. The molecule has 1 aromatic carbocycles. The molecule has 1 aliphatic carbocycles. The van der Waals surface area contributed by atoms with Crippen LogP contribution in [0.25, 0.3) is 0 Å². The minimum Gasteiger partial charge on any atom is -0.305 e. The highest BCUT2D eigenvalue weighted by Gasteiger charge is 2.54. The third kappa shape index (κ3) is 2.86. The van der Waals surface area contributed by atoms with Gasteiger partial charge in [-0.1, -0.05) is 13.0 Å². The van der Waals surface area contributed by atoms with Crippen LogP contribution in [0.5, 0.6) is 0 Å². The first-order valence-corrected chi connectivity index (χ1v) is 7.67. The standard InChI is InChI=1S/C13H12ClF3O3S/c1-2-7-5-9(12(3-4-12)21(19)20)10(13(15,16)17)6-8(7)11(14)18/h5-6H,2-4H2,1H3,(H,19,20). The predicted molar refractivity (Wildman–Crippen MR) is 72.7 cm³/mol. The average Bonchev–Trinajstić information content (AvgIpc) is 3.17. The van der Waals surface area contributed by atoms with Gasteiger partial charge in [-0.2, -0.15) is 13.2 Å². The van der Waals surface area contributed by atoms with Crippen molar-refractivity contribution in [3.8, 4) is 0 Å². The van der Waals surface area contributed by atoms with Crippen LogP contribution in [0.3, 0.4) is 0 Å². The van der Waals surface area contributed by atoms with Gasteiger partial charge in [-0.05, 0) is 48.1 Å². The Bertz CT molecular complexity index is 624. The number of carbonyl (C=O) groups excluding carboxylic acids is 1. The van der Waals surface area contributed by atoms with Gasteiger partial charge < -0.3 is 4.55 Å². The number of halogens is 4. The van der Waals surface area contributed by atoms with Gasteiger partial charge in [0.1, 0.15) is 0 Å². The summed E-state index contributed by atoms with van der Waals surface area (Å²) in [6, 6.07) is 1.88. The van der Waals surface area contributed by atoms with E-state index < -0.39 is 32.8 Å². The smallest absolute Gasteiger partial charge is 0.305 e. The molecule has 1 atom stereocenters. The molecule has 0 bridgehead atoms. The van der Waals surface area contributed by atoms with E-state index in [-0.39, 0.29) is 24.0 Å². The minimum atomic E-state index is -4.72. The highest BCUT2D eigenvalue weighted by molar-refractivity contribution is 7.80. The Labute approximate surface area is 126 Å². The number of rotatable bonds is 4. The van der Waals surface area contributed by atoms with Crippen LogP contribution in [-0.4, -0.2) is 14.0 Å². The Balaban J connectivity index is 2.75. The summed E-state index contributed by atoms with van der Waals surface area (Å²) in [5.74, 6) is 0. The first kappa shape index (κ1) is 16.5. The van der Waals surface area contributed by atoms with Crippen LogP contribution in [0.4, 0.5) is 13.2 Å². The monoisotopic (exact) mass is 340 g/mol. The number of aryl methyl sites for hydroxylation is 1. The summed E-state index contributed by atoms with van der Waals surface area (Å²) < 4.78 is 59.0. The van der Waals surface area contributed by atoms with Crippen molar-refractivity contribution in [1.29, 1.82) is 0 Å². The molecule has 0 aromatic heterocycles.